The van der Waals surface area contributed by atoms with E-state index in [2.05, 4.69) is 24.3 Å². The van der Waals surface area contributed by atoms with Gasteiger partial charge in [0.15, 0.2) is 17.1 Å². The molecule has 0 saturated carbocycles. The number of carbonyl (C=O) groups is 1. The molecule has 0 aliphatic carbocycles. The zero-order valence-corrected chi connectivity index (χ0v) is 21.0. The lowest BCUT2D eigenvalue weighted by Gasteiger charge is -2.31. The van der Waals surface area contributed by atoms with Crippen molar-refractivity contribution in [3.63, 3.8) is 0 Å². The first-order valence-corrected chi connectivity index (χ1v) is 12.9. The highest BCUT2D eigenvalue weighted by Gasteiger charge is 2.45. The highest BCUT2D eigenvalue weighted by atomic mass is 16.7. The average Bonchev–Trinajstić information content (AvgIpc) is 3.57. The second-order valence-corrected chi connectivity index (χ2v) is 10.2. The summed E-state index contributed by atoms with van der Waals surface area (Å²) in [5.74, 6) is 0.524. The van der Waals surface area contributed by atoms with E-state index in [1.807, 2.05) is 30.3 Å². The summed E-state index contributed by atoms with van der Waals surface area (Å²) in [6.45, 7) is 1.97. The summed E-state index contributed by atoms with van der Waals surface area (Å²) < 4.78 is 18.3. The van der Waals surface area contributed by atoms with Gasteiger partial charge in [0, 0.05) is 22.6 Å². The number of esters is 1. The Morgan fingerprint density at radius 2 is 1.74 bits per heavy atom. The molecule has 1 atom stereocenters. The van der Waals surface area contributed by atoms with Crippen molar-refractivity contribution in [1.29, 1.82) is 0 Å². The molecule has 5 aromatic rings. The first kappa shape index (κ1) is 22.3. The normalized spacial score (nSPS) is 18.7. The second kappa shape index (κ2) is 7.68. The number of fused-ring (bicyclic) bond motifs is 7. The van der Waals surface area contributed by atoms with Crippen LogP contribution >= 0.6 is 0 Å². The largest absolute Gasteiger partial charge is 0.458 e. The summed E-state index contributed by atoms with van der Waals surface area (Å²) in [7, 11) is 0. The van der Waals surface area contributed by atoms with Crippen LogP contribution in [0.15, 0.2) is 65.5 Å². The van der Waals surface area contributed by atoms with Gasteiger partial charge in [0.2, 0.25) is 6.79 Å². The number of benzene rings is 3. The summed E-state index contributed by atoms with van der Waals surface area (Å²) in [6, 6.07) is 19.9. The van der Waals surface area contributed by atoms with E-state index in [9.17, 15) is 14.7 Å². The molecule has 3 aromatic carbocycles. The molecule has 0 radical (unpaired) electrons. The van der Waals surface area contributed by atoms with E-state index in [-0.39, 0.29) is 25.4 Å². The monoisotopic (exact) mass is 518 g/mol. The van der Waals surface area contributed by atoms with Gasteiger partial charge in [-0.1, -0.05) is 49.4 Å². The smallest absolute Gasteiger partial charge is 0.343 e. The minimum Gasteiger partial charge on any atom is -0.458 e. The third-order valence-electron chi connectivity index (χ3n) is 8.24. The van der Waals surface area contributed by atoms with Gasteiger partial charge in [-0.3, -0.25) is 4.79 Å². The summed E-state index contributed by atoms with van der Waals surface area (Å²) in [4.78, 5) is 31.4. The molecule has 3 aliphatic rings. The fourth-order valence-electron chi connectivity index (χ4n) is 6.22. The van der Waals surface area contributed by atoms with Crippen LogP contribution in [0.5, 0.6) is 11.5 Å². The number of aromatic nitrogens is 2. The summed E-state index contributed by atoms with van der Waals surface area (Å²) in [5, 5.41) is 14.3. The van der Waals surface area contributed by atoms with E-state index < -0.39 is 11.6 Å². The van der Waals surface area contributed by atoms with Crippen molar-refractivity contribution < 1.29 is 24.1 Å². The third kappa shape index (κ3) is 2.89. The molecule has 0 fully saturated rings. The average molecular weight is 519 g/mol. The lowest BCUT2D eigenvalue weighted by Crippen LogP contribution is -2.44. The third-order valence-corrected chi connectivity index (χ3v) is 8.24. The summed E-state index contributed by atoms with van der Waals surface area (Å²) in [6.07, 6.45) is 0.0878. The van der Waals surface area contributed by atoms with E-state index >= 15 is 0 Å². The zero-order chi connectivity index (χ0) is 26.5. The van der Waals surface area contributed by atoms with E-state index in [0.717, 1.165) is 32.8 Å². The Balaban J connectivity index is 1.48. The fourth-order valence-corrected chi connectivity index (χ4v) is 6.22. The SMILES string of the molecule is CC[C@@]1(O)C(=O)OCc2c1cc1n(c2=O)Cc2c-1nc1cc3c(cc1c2-c1cccc2ccccc12)OCO3. The van der Waals surface area contributed by atoms with Crippen molar-refractivity contribution in [2.45, 2.75) is 32.1 Å². The van der Waals surface area contributed by atoms with Gasteiger partial charge in [-0.25, -0.2) is 9.78 Å². The van der Waals surface area contributed by atoms with E-state index in [0.29, 0.717) is 46.1 Å². The number of cyclic esters (lactones) is 1. The minimum absolute atomic E-state index is 0.0878. The van der Waals surface area contributed by atoms with Crippen LogP contribution in [0.3, 0.4) is 0 Å². The van der Waals surface area contributed by atoms with Gasteiger partial charge in [-0.05, 0) is 40.5 Å². The first-order chi connectivity index (χ1) is 19.0. The molecule has 2 aromatic heterocycles. The van der Waals surface area contributed by atoms with Gasteiger partial charge in [-0.15, -0.1) is 0 Å². The predicted octanol–water partition coefficient (Wildman–Crippen LogP) is 4.63. The maximum absolute atomic E-state index is 13.8. The summed E-state index contributed by atoms with van der Waals surface area (Å²) >= 11 is 0. The molecule has 1 N–H and O–H groups in total. The van der Waals surface area contributed by atoms with Gasteiger partial charge in [-0.2, -0.15) is 0 Å². The van der Waals surface area contributed by atoms with Crippen molar-refractivity contribution in [2.24, 2.45) is 0 Å². The quantitative estimate of drug-likeness (QED) is 0.334. The molecule has 8 rings (SSSR count). The van der Waals surface area contributed by atoms with Gasteiger partial charge in [0.25, 0.3) is 5.56 Å². The predicted molar refractivity (Wildman–Crippen MR) is 144 cm³/mol. The molecule has 39 heavy (non-hydrogen) atoms. The molecule has 5 heterocycles. The number of carbonyl (C=O) groups excluding carboxylic acids is 1. The Bertz CT molecular complexity index is 1970. The second-order valence-electron chi connectivity index (χ2n) is 10.2. The Morgan fingerprint density at radius 3 is 2.59 bits per heavy atom. The number of ether oxygens (including phenoxy) is 3. The zero-order valence-electron chi connectivity index (χ0n) is 21.0. The van der Waals surface area contributed by atoms with Crippen molar-refractivity contribution >= 4 is 27.6 Å². The van der Waals surface area contributed by atoms with Crippen LogP contribution in [0.2, 0.25) is 0 Å². The van der Waals surface area contributed by atoms with Crippen LogP contribution in [0.4, 0.5) is 0 Å². The summed E-state index contributed by atoms with van der Waals surface area (Å²) in [5.41, 5.74) is 3.20. The van der Waals surface area contributed by atoms with Crippen LogP contribution in [-0.2, 0) is 28.3 Å². The van der Waals surface area contributed by atoms with Gasteiger partial charge in [0.05, 0.1) is 29.0 Å². The molecule has 8 nitrogen and oxygen atoms in total. The maximum atomic E-state index is 13.8. The van der Waals surface area contributed by atoms with Gasteiger partial charge >= 0.3 is 5.97 Å². The van der Waals surface area contributed by atoms with Crippen LogP contribution in [0, 0.1) is 0 Å². The van der Waals surface area contributed by atoms with E-state index in [4.69, 9.17) is 19.2 Å². The number of rotatable bonds is 2. The molecule has 3 aliphatic heterocycles. The van der Waals surface area contributed by atoms with Crippen LogP contribution < -0.4 is 15.0 Å². The molecule has 0 spiro atoms. The molecule has 0 amide bonds. The maximum Gasteiger partial charge on any atom is 0.343 e. The number of aliphatic hydroxyl groups is 1. The Hall–Kier alpha value is -4.69. The molecule has 0 saturated heterocycles. The number of hydrogen-bond acceptors (Lipinski definition) is 7. The van der Waals surface area contributed by atoms with Crippen molar-refractivity contribution in [3.05, 3.63) is 87.7 Å². The Kier molecular flexibility index (Phi) is 4.39. The first-order valence-electron chi connectivity index (χ1n) is 12.9. The molecule has 8 heteroatoms. The highest BCUT2D eigenvalue weighted by Crippen LogP contribution is 2.47. The molecular weight excluding hydrogens is 496 g/mol. The Morgan fingerprint density at radius 1 is 0.949 bits per heavy atom. The molecule has 0 bridgehead atoms. The van der Waals surface area contributed by atoms with Gasteiger partial charge < -0.3 is 23.9 Å². The standard InChI is InChI=1S/C31H22N2O6/c1-2-31(36)22-11-24-28-20(13-33(24)29(34)21(22)14-37-30(31)35)27(18-9-5-7-16-6-3-4-8-17(16)18)19-10-25-26(39-15-38-25)12-23(19)32-28/h3-12,36H,2,13-15H2,1H3/t31-/m0/s1. The number of pyridine rings is 2. The number of hydrogen-bond donors (Lipinski definition) is 1. The number of nitrogens with zero attached hydrogens (tertiary/aromatic N) is 2. The van der Waals surface area contributed by atoms with Crippen molar-refractivity contribution in [3.8, 4) is 34.0 Å². The van der Waals surface area contributed by atoms with Gasteiger partial charge in [0.1, 0.15) is 6.61 Å². The molecule has 192 valence electrons. The fraction of sp³-hybridized carbons (Fsp3) is 0.194. The molecular formula is C31H22N2O6. The molecule has 0 unspecified atom stereocenters. The van der Waals surface area contributed by atoms with E-state index in [1.54, 1.807) is 17.6 Å². The minimum atomic E-state index is -1.88. The lowest BCUT2D eigenvalue weighted by molar-refractivity contribution is -0.172. The van der Waals surface area contributed by atoms with Crippen molar-refractivity contribution in [1.82, 2.24) is 9.55 Å². The Labute approximate surface area is 222 Å². The topological polar surface area (TPSA) is 99.9 Å². The van der Waals surface area contributed by atoms with E-state index in [1.165, 1.54) is 0 Å². The van der Waals surface area contributed by atoms with Crippen LogP contribution in [0.25, 0.3) is 44.2 Å². The van der Waals surface area contributed by atoms with Crippen LogP contribution in [0.1, 0.15) is 30.0 Å². The van der Waals surface area contributed by atoms with Crippen molar-refractivity contribution in [2.75, 3.05) is 6.79 Å². The lowest BCUT2D eigenvalue weighted by atomic mass is 9.86. The highest BCUT2D eigenvalue weighted by molar-refractivity contribution is 6.08. The van der Waals surface area contributed by atoms with Crippen LogP contribution in [-0.4, -0.2) is 27.4 Å².